The number of para-hydroxylation sites is 1. The van der Waals surface area contributed by atoms with Crippen LogP contribution >= 0.6 is 0 Å². The lowest BCUT2D eigenvalue weighted by Gasteiger charge is -2.33. The van der Waals surface area contributed by atoms with E-state index in [0.717, 1.165) is 0 Å². The zero-order valence-corrected chi connectivity index (χ0v) is 19.3. The van der Waals surface area contributed by atoms with Gasteiger partial charge in [0.25, 0.3) is 0 Å². The second-order valence-electron chi connectivity index (χ2n) is 8.79. The number of nitrogens with zero attached hydrogens (tertiary/aromatic N) is 2. The van der Waals surface area contributed by atoms with Gasteiger partial charge < -0.3 is 9.80 Å². The number of rotatable bonds is 17. The van der Waals surface area contributed by atoms with E-state index in [0.29, 0.717) is 6.17 Å². The molecule has 1 unspecified atom stereocenters. The lowest BCUT2D eigenvalue weighted by atomic mass is 10.0. The van der Waals surface area contributed by atoms with Gasteiger partial charge in [0, 0.05) is 24.6 Å². The van der Waals surface area contributed by atoms with E-state index in [9.17, 15) is 0 Å². The summed E-state index contributed by atoms with van der Waals surface area (Å²) >= 11 is 0. The molecule has 1 aromatic rings. The first-order valence-corrected chi connectivity index (χ1v) is 12.6. The van der Waals surface area contributed by atoms with Gasteiger partial charge in [-0.2, -0.15) is 0 Å². The Bertz CT molecular complexity index is 525. The van der Waals surface area contributed by atoms with Gasteiger partial charge in [0.15, 0.2) is 0 Å². The number of hydrogen-bond donors (Lipinski definition) is 0. The molecule has 2 rings (SSSR count). The Kier molecular flexibility index (Phi) is 12.7. The summed E-state index contributed by atoms with van der Waals surface area (Å²) in [6, 6.07) is 10.9. The summed E-state index contributed by atoms with van der Waals surface area (Å²) < 4.78 is 0. The van der Waals surface area contributed by atoms with Crippen molar-refractivity contribution < 1.29 is 0 Å². The Hall–Kier alpha value is -1.44. The second kappa shape index (κ2) is 15.4. The van der Waals surface area contributed by atoms with Crippen molar-refractivity contribution in [2.24, 2.45) is 0 Å². The minimum absolute atomic E-state index is 0.507. The Morgan fingerprint density at radius 1 is 0.621 bits per heavy atom. The van der Waals surface area contributed by atoms with Gasteiger partial charge in [-0.25, -0.2) is 0 Å². The predicted molar refractivity (Wildman–Crippen MR) is 129 cm³/mol. The van der Waals surface area contributed by atoms with Crippen molar-refractivity contribution in [1.29, 1.82) is 0 Å². The van der Waals surface area contributed by atoms with Crippen LogP contribution in [-0.2, 0) is 0 Å². The molecule has 0 aliphatic carbocycles. The first-order chi connectivity index (χ1) is 14.4. The number of anilines is 1. The maximum Gasteiger partial charge on any atom is 0.105 e. The zero-order chi connectivity index (χ0) is 20.6. The van der Waals surface area contributed by atoms with Gasteiger partial charge in [0.1, 0.15) is 6.17 Å². The van der Waals surface area contributed by atoms with Gasteiger partial charge in [-0.3, -0.25) is 0 Å². The van der Waals surface area contributed by atoms with Crippen LogP contribution in [0, 0.1) is 0 Å². The summed E-state index contributed by atoms with van der Waals surface area (Å²) in [5.74, 6) is 0. The molecule has 2 nitrogen and oxygen atoms in total. The van der Waals surface area contributed by atoms with Crippen LogP contribution in [-0.4, -0.2) is 17.6 Å². The van der Waals surface area contributed by atoms with E-state index in [1.807, 2.05) is 0 Å². The van der Waals surface area contributed by atoms with Crippen LogP contribution in [0.15, 0.2) is 42.7 Å². The Balaban J connectivity index is 1.61. The standard InChI is InChI=1S/C27H46N2/c1-3-5-7-8-9-10-11-12-13-14-15-19-22-27-28(23-6-4-2)24-25-29(27)26-20-17-16-18-21-26/h16-18,20-21,24-25,27H,3-15,19,22-23H2,1-2H3. The zero-order valence-electron chi connectivity index (χ0n) is 19.3. The number of unbranched alkanes of at least 4 members (excludes halogenated alkanes) is 12. The first kappa shape index (κ1) is 23.8. The second-order valence-corrected chi connectivity index (χ2v) is 8.79. The number of hydrogen-bond acceptors (Lipinski definition) is 2. The van der Waals surface area contributed by atoms with E-state index in [1.165, 1.54) is 109 Å². The maximum atomic E-state index is 2.56. The molecule has 2 heteroatoms. The largest absolute Gasteiger partial charge is 0.356 e. The van der Waals surface area contributed by atoms with Gasteiger partial charge in [0.05, 0.1) is 0 Å². The molecular formula is C27H46N2. The molecule has 0 fully saturated rings. The lowest BCUT2D eigenvalue weighted by molar-refractivity contribution is 0.275. The summed E-state index contributed by atoms with van der Waals surface area (Å²) in [4.78, 5) is 5.04. The molecule has 0 bridgehead atoms. The van der Waals surface area contributed by atoms with Crippen LogP contribution < -0.4 is 4.90 Å². The molecule has 1 aliphatic heterocycles. The van der Waals surface area contributed by atoms with E-state index < -0.39 is 0 Å². The van der Waals surface area contributed by atoms with Gasteiger partial charge in [-0.05, 0) is 31.4 Å². The fraction of sp³-hybridized carbons (Fsp3) is 0.704. The molecule has 0 N–H and O–H groups in total. The molecule has 164 valence electrons. The van der Waals surface area contributed by atoms with Gasteiger partial charge in [-0.1, -0.05) is 109 Å². The molecule has 1 aliphatic rings. The molecule has 0 spiro atoms. The van der Waals surface area contributed by atoms with Crippen molar-refractivity contribution in [1.82, 2.24) is 4.90 Å². The highest BCUT2D eigenvalue weighted by molar-refractivity contribution is 5.51. The molecule has 0 amide bonds. The molecular weight excluding hydrogens is 352 g/mol. The molecule has 29 heavy (non-hydrogen) atoms. The number of benzene rings is 1. The summed E-state index contributed by atoms with van der Waals surface area (Å²) in [5, 5.41) is 0. The fourth-order valence-electron chi connectivity index (χ4n) is 4.41. The molecule has 0 saturated heterocycles. The van der Waals surface area contributed by atoms with Crippen molar-refractivity contribution >= 4 is 5.69 Å². The van der Waals surface area contributed by atoms with Crippen LogP contribution in [0.2, 0.25) is 0 Å². The average Bonchev–Trinajstić information content (AvgIpc) is 3.16. The molecule has 0 aromatic heterocycles. The molecule has 0 saturated carbocycles. The van der Waals surface area contributed by atoms with Crippen molar-refractivity contribution in [3.05, 3.63) is 42.7 Å². The highest BCUT2D eigenvalue weighted by Crippen LogP contribution is 2.28. The highest BCUT2D eigenvalue weighted by Gasteiger charge is 2.26. The van der Waals surface area contributed by atoms with Gasteiger partial charge in [-0.15, -0.1) is 0 Å². The summed E-state index contributed by atoms with van der Waals surface area (Å²) in [6.07, 6.45) is 26.0. The van der Waals surface area contributed by atoms with Crippen LogP contribution in [0.4, 0.5) is 5.69 Å². The molecule has 1 aromatic carbocycles. The summed E-state index contributed by atoms with van der Waals surface area (Å²) in [5.41, 5.74) is 1.33. The SMILES string of the molecule is CCCCCCCCCCCCCCC1N(CCCC)C=CN1c1ccccc1. The predicted octanol–water partition coefficient (Wildman–Crippen LogP) is 8.50. The Morgan fingerprint density at radius 2 is 1.17 bits per heavy atom. The fourth-order valence-corrected chi connectivity index (χ4v) is 4.41. The van der Waals surface area contributed by atoms with Crippen molar-refractivity contribution in [2.75, 3.05) is 11.4 Å². The van der Waals surface area contributed by atoms with Crippen LogP contribution in [0.25, 0.3) is 0 Å². The smallest absolute Gasteiger partial charge is 0.105 e. The minimum atomic E-state index is 0.507. The molecule has 1 heterocycles. The van der Waals surface area contributed by atoms with Crippen molar-refractivity contribution in [3.8, 4) is 0 Å². The van der Waals surface area contributed by atoms with Gasteiger partial charge >= 0.3 is 0 Å². The minimum Gasteiger partial charge on any atom is -0.356 e. The highest BCUT2D eigenvalue weighted by atomic mass is 15.4. The first-order valence-electron chi connectivity index (χ1n) is 12.6. The third kappa shape index (κ3) is 9.28. The third-order valence-corrected chi connectivity index (χ3v) is 6.26. The van der Waals surface area contributed by atoms with E-state index in [2.05, 4.69) is 66.4 Å². The van der Waals surface area contributed by atoms with E-state index in [1.54, 1.807) is 0 Å². The van der Waals surface area contributed by atoms with Crippen LogP contribution in [0.1, 0.15) is 110 Å². The quantitative estimate of drug-likeness (QED) is 0.243. The third-order valence-electron chi connectivity index (χ3n) is 6.26. The van der Waals surface area contributed by atoms with Crippen molar-refractivity contribution in [3.63, 3.8) is 0 Å². The molecule has 0 radical (unpaired) electrons. The summed E-state index contributed by atoms with van der Waals surface area (Å²) in [6.45, 7) is 5.76. The van der Waals surface area contributed by atoms with Crippen molar-refractivity contribution in [2.45, 2.75) is 116 Å². The maximum absolute atomic E-state index is 2.56. The monoisotopic (exact) mass is 398 g/mol. The topological polar surface area (TPSA) is 6.48 Å². The molecule has 1 atom stereocenters. The van der Waals surface area contributed by atoms with E-state index in [-0.39, 0.29) is 0 Å². The Morgan fingerprint density at radius 3 is 1.76 bits per heavy atom. The van der Waals surface area contributed by atoms with E-state index in [4.69, 9.17) is 0 Å². The van der Waals surface area contributed by atoms with E-state index >= 15 is 0 Å². The van der Waals surface area contributed by atoms with Gasteiger partial charge in [0.2, 0.25) is 0 Å². The lowest BCUT2D eigenvalue weighted by Crippen LogP contribution is -2.39. The van der Waals surface area contributed by atoms with Crippen LogP contribution in [0.3, 0.4) is 0 Å². The summed E-state index contributed by atoms with van der Waals surface area (Å²) in [7, 11) is 0. The van der Waals surface area contributed by atoms with Crippen LogP contribution in [0.5, 0.6) is 0 Å². The Labute approximate surface area is 181 Å². The average molecular weight is 399 g/mol. The normalized spacial score (nSPS) is 16.1.